The lowest BCUT2D eigenvalue weighted by Gasteiger charge is -2.13. The van der Waals surface area contributed by atoms with E-state index >= 15 is 0 Å². The summed E-state index contributed by atoms with van der Waals surface area (Å²) >= 11 is 12.0. The topological polar surface area (TPSA) is 47.3 Å². The van der Waals surface area contributed by atoms with Crippen LogP contribution in [0.4, 0.5) is 11.4 Å². The standard InChI is InChI=1S/C14H12Br2N2OS/c1-19-11-5-9(16)4-10(7-11)18-13-6-8(15)2-3-12(13)14(17)20/h2-7,18H,1H3,(H2,17,20). The summed E-state index contributed by atoms with van der Waals surface area (Å²) in [7, 11) is 1.63. The number of nitrogens with two attached hydrogens (primary N) is 1. The highest BCUT2D eigenvalue weighted by Crippen LogP contribution is 2.29. The molecule has 0 fully saturated rings. The maximum absolute atomic E-state index is 5.75. The highest BCUT2D eigenvalue weighted by molar-refractivity contribution is 9.10. The molecule has 0 aromatic heterocycles. The number of nitrogens with one attached hydrogen (secondary N) is 1. The number of hydrogen-bond acceptors (Lipinski definition) is 3. The molecule has 0 atom stereocenters. The van der Waals surface area contributed by atoms with Crippen LogP contribution in [0, 0.1) is 0 Å². The Morgan fingerprint density at radius 2 is 1.90 bits per heavy atom. The molecule has 2 rings (SSSR count). The quantitative estimate of drug-likeness (QED) is 0.716. The molecule has 0 aliphatic carbocycles. The second-order valence-electron chi connectivity index (χ2n) is 4.06. The van der Waals surface area contributed by atoms with E-state index in [-0.39, 0.29) is 0 Å². The first-order chi connectivity index (χ1) is 9.49. The fourth-order valence-electron chi connectivity index (χ4n) is 1.74. The van der Waals surface area contributed by atoms with Crippen LogP contribution in [-0.2, 0) is 0 Å². The van der Waals surface area contributed by atoms with Crippen molar-refractivity contribution in [2.24, 2.45) is 5.73 Å². The summed E-state index contributed by atoms with van der Waals surface area (Å²) in [5, 5.41) is 3.30. The predicted octanol–water partition coefficient (Wildman–Crippen LogP) is 4.60. The maximum Gasteiger partial charge on any atom is 0.122 e. The van der Waals surface area contributed by atoms with E-state index in [1.165, 1.54) is 0 Å². The van der Waals surface area contributed by atoms with Crippen molar-refractivity contribution in [3.05, 3.63) is 50.9 Å². The van der Waals surface area contributed by atoms with Gasteiger partial charge in [0.1, 0.15) is 10.7 Å². The monoisotopic (exact) mass is 414 g/mol. The number of anilines is 2. The van der Waals surface area contributed by atoms with Crippen molar-refractivity contribution in [2.45, 2.75) is 0 Å². The van der Waals surface area contributed by atoms with Crippen molar-refractivity contribution in [1.82, 2.24) is 0 Å². The summed E-state index contributed by atoms with van der Waals surface area (Å²) in [6.07, 6.45) is 0. The van der Waals surface area contributed by atoms with Crippen LogP contribution in [0.2, 0.25) is 0 Å². The van der Waals surface area contributed by atoms with E-state index in [0.29, 0.717) is 4.99 Å². The highest BCUT2D eigenvalue weighted by atomic mass is 79.9. The highest BCUT2D eigenvalue weighted by Gasteiger charge is 2.07. The van der Waals surface area contributed by atoms with Crippen LogP contribution in [0.25, 0.3) is 0 Å². The molecule has 104 valence electrons. The van der Waals surface area contributed by atoms with Gasteiger partial charge in [-0.15, -0.1) is 0 Å². The van der Waals surface area contributed by atoms with Gasteiger partial charge in [-0.05, 0) is 30.3 Å². The third-order valence-corrected chi connectivity index (χ3v) is 3.80. The van der Waals surface area contributed by atoms with Gasteiger partial charge >= 0.3 is 0 Å². The Bertz CT molecular complexity index is 662. The first-order valence-electron chi connectivity index (χ1n) is 5.70. The largest absolute Gasteiger partial charge is 0.497 e. The lowest BCUT2D eigenvalue weighted by Crippen LogP contribution is -2.11. The van der Waals surface area contributed by atoms with Crippen LogP contribution >= 0.6 is 44.1 Å². The van der Waals surface area contributed by atoms with E-state index in [2.05, 4.69) is 37.2 Å². The zero-order chi connectivity index (χ0) is 14.7. The van der Waals surface area contributed by atoms with Crippen molar-refractivity contribution in [1.29, 1.82) is 0 Å². The summed E-state index contributed by atoms with van der Waals surface area (Å²) in [6.45, 7) is 0. The fraction of sp³-hybridized carbons (Fsp3) is 0.0714. The Balaban J connectivity index is 2.41. The van der Waals surface area contributed by atoms with Crippen LogP contribution in [-0.4, -0.2) is 12.1 Å². The third kappa shape index (κ3) is 3.71. The molecule has 2 aromatic rings. The van der Waals surface area contributed by atoms with E-state index < -0.39 is 0 Å². The van der Waals surface area contributed by atoms with Crippen LogP contribution in [0.15, 0.2) is 45.3 Å². The molecule has 0 bridgehead atoms. The smallest absolute Gasteiger partial charge is 0.122 e. The van der Waals surface area contributed by atoms with Crippen LogP contribution in [0.1, 0.15) is 5.56 Å². The molecule has 20 heavy (non-hydrogen) atoms. The van der Waals surface area contributed by atoms with Gasteiger partial charge in [0.2, 0.25) is 0 Å². The second kappa shape index (κ2) is 6.56. The molecule has 3 N–H and O–H groups in total. The molecular formula is C14H12Br2N2OS. The molecule has 0 amide bonds. The maximum atomic E-state index is 5.75. The normalized spacial score (nSPS) is 10.2. The van der Waals surface area contributed by atoms with Crippen LogP contribution < -0.4 is 15.8 Å². The average molecular weight is 416 g/mol. The van der Waals surface area contributed by atoms with Crippen molar-refractivity contribution in [3.63, 3.8) is 0 Å². The summed E-state index contributed by atoms with van der Waals surface area (Å²) in [4.78, 5) is 0.349. The van der Waals surface area contributed by atoms with E-state index in [0.717, 1.165) is 31.6 Å². The Morgan fingerprint density at radius 3 is 2.55 bits per heavy atom. The first kappa shape index (κ1) is 15.3. The molecule has 0 saturated heterocycles. The van der Waals surface area contributed by atoms with Gasteiger partial charge in [-0.2, -0.15) is 0 Å². The third-order valence-electron chi connectivity index (χ3n) is 2.63. The van der Waals surface area contributed by atoms with Gasteiger partial charge in [0, 0.05) is 32.0 Å². The Morgan fingerprint density at radius 1 is 1.15 bits per heavy atom. The number of ether oxygens (including phenoxy) is 1. The van der Waals surface area contributed by atoms with Gasteiger partial charge in [-0.3, -0.25) is 0 Å². The van der Waals surface area contributed by atoms with Gasteiger partial charge in [0.25, 0.3) is 0 Å². The lowest BCUT2D eigenvalue weighted by atomic mass is 10.1. The Hall–Kier alpha value is -1.11. The number of methoxy groups -OCH3 is 1. The average Bonchev–Trinajstić information content (AvgIpc) is 2.37. The molecule has 0 radical (unpaired) electrons. The van der Waals surface area contributed by atoms with Crippen LogP contribution in [0.5, 0.6) is 5.75 Å². The Labute approximate surface area is 139 Å². The summed E-state index contributed by atoms with van der Waals surface area (Å²) in [6, 6.07) is 11.5. The number of thiocarbonyl (C=S) groups is 1. The Kier molecular flexibility index (Phi) is 5.01. The van der Waals surface area contributed by atoms with E-state index in [1.807, 2.05) is 36.4 Å². The SMILES string of the molecule is COc1cc(Br)cc(Nc2cc(Br)ccc2C(N)=S)c1. The van der Waals surface area contributed by atoms with Gasteiger partial charge < -0.3 is 15.8 Å². The molecule has 3 nitrogen and oxygen atoms in total. The zero-order valence-corrected chi connectivity index (χ0v) is 14.6. The summed E-state index contributed by atoms with van der Waals surface area (Å²) in [5.41, 5.74) is 8.26. The van der Waals surface area contributed by atoms with Gasteiger partial charge in [0.15, 0.2) is 0 Å². The van der Waals surface area contributed by atoms with Crippen molar-refractivity contribution in [3.8, 4) is 5.75 Å². The van der Waals surface area contributed by atoms with Gasteiger partial charge in [0.05, 0.1) is 7.11 Å². The molecule has 0 aliphatic rings. The molecule has 0 spiro atoms. The van der Waals surface area contributed by atoms with Crippen LogP contribution in [0.3, 0.4) is 0 Å². The number of rotatable bonds is 4. The van der Waals surface area contributed by atoms with Crippen molar-refractivity contribution < 1.29 is 4.74 Å². The molecule has 0 aliphatic heterocycles. The molecule has 0 saturated carbocycles. The van der Waals surface area contributed by atoms with E-state index in [9.17, 15) is 0 Å². The fourth-order valence-corrected chi connectivity index (χ4v) is 2.75. The minimum atomic E-state index is 0.349. The second-order valence-corrected chi connectivity index (χ2v) is 6.33. The first-order valence-corrected chi connectivity index (χ1v) is 7.70. The minimum absolute atomic E-state index is 0.349. The molecule has 0 heterocycles. The number of benzene rings is 2. The minimum Gasteiger partial charge on any atom is -0.497 e. The predicted molar refractivity (Wildman–Crippen MR) is 94.0 cm³/mol. The van der Waals surface area contributed by atoms with E-state index in [4.69, 9.17) is 22.7 Å². The number of halogens is 2. The lowest BCUT2D eigenvalue weighted by molar-refractivity contribution is 0.415. The van der Waals surface area contributed by atoms with Gasteiger partial charge in [-0.25, -0.2) is 0 Å². The molecule has 2 aromatic carbocycles. The van der Waals surface area contributed by atoms with Crippen molar-refractivity contribution >= 4 is 60.4 Å². The molecule has 6 heteroatoms. The van der Waals surface area contributed by atoms with Gasteiger partial charge in [-0.1, -0.05) is 44.1 Å². The summed E-state index contributed by atoms with van der Waals surface area (Å²) in [5.74, 6) is 0.758. The molecular weight excluding hydrogens is 404 g/mol. The van der Waals surface area contributed by atoms with Crippen molar-refractivity contribution in [2.75, 3.05) is 12.4 Å². The van der Waals surface area contributed by atoms with E-state index in [1.54, 1.807) is 7.11 Å². The number of hydrogen-bond donors (Lipinski definition) is 2. The molecule has 0 unspecified atom stereocenters. The summed E-state index contributed by atoms with van der Waals surface area (Å²) < 4.78 is 7.11. The zero-order valence-electron chi connectivity index (χ0n) is 10.6.